The molecule has 1 atom stereocenters. The van der Waals surface area contributed by atoms with Gasteiger partial charge in [-0.05, 0) is 37.5 Å². The highest BCUT2D eigenvalue weighted by atomic mass is 16.5. The molecule has 0 aromatic carbocycles. The summed E-state index contributed by atoms with van der Waals surface area (Å²) in [6.07, 6.45) is 14.0. The van der Waals surface area contributed by atoms with Gasteiger partial charge in [-0.2, -0.15) is 0 Å². The number of carboxylic acids is 1. The summed E-state index contributed by atoms with van der Waals surface area (Å²) in [5.41, 5.74) is 0.368. The van der Waals surface area contributed by atoms with E-state index in [1.165, 1.54) is 32.1 Å². The first-order chi connectivity index (χ1) is 11.7. The number of carbonyl (C=O) groups excluding carboxylic acids is 1. The summed E-state index contributed by atoms with van der Waals surface area (Å²) < 4.78 is 5.47. The Kier molecular flexibility index (Phi) is 13.2. The van der Waals surface area contributed by atoms with Gasteiger partial charge in [0.05, 0.1) is 0 Å². The van der Waals surface area contributed by atoms with Crippen LogP contribution in [0.5, 0.6) is 0 Å². The minimum atomic E-state index is -1.13. The molecule has 25 heavy (non-hydrogen) atoms. The molecule has 0 saturated carbocycles. The zero-order chi connectivity index (χ0) is 19.1. The molecule has 0 aliphatic rings. The van der Waals surface area contributed by atoms with E-state index in [-0.39, 0.29) is 6.10 Å². The highest BCUT2D eigenvalue weighted by molar-refractivity contribution is 5.90. The second kappa shape index (κ2) is 13.9. The molecule has 0 aromatic rings. The zero-order valence-corrected chi connectivity index (χ0v) is 16.7. The quantitative estimate of drug-likeness (QED) is 0.240. The summed E-state index contributed by atoms with van der Waals surface area (Å²) in [6, 6.07) is 0. The van der Waals surface area contributed by atoms with E-state index in [0.29, 0.717) is 5.41 Å². The van der Waals surface area contributed by atoms with Crippen LogP contribution < -0.4 is 0 Å². The number of aliphatic carboxylic acids is 1. The van der Waals surface area contributed by atoms with Crippen LogP contribution in [0.3, 0.4) is 0 Å². The zero-order valence-electron chi connectivity index (χ0n) is 16.7. The van der Waals surface area contributed by atoms with E-state index >= 15 is 0 Å². The molecule has 4 heteroatoms. The second-order valence-corrected chi connectivity index (χ2v) is 8.09. The molecule has 0 aliphatic heterocycles. The molecule has 0 spiro atoms. The van der Waals surface area contributed by atoms with E-state index in [4.69, 9.17) is 9.84 Å². The molecular formula is C21H38O4. The van der Waals surface area contributed by atoms with Gasteiger partial charge in [-0.3, -0.25) is 0 Å². The summed E-state index contributed by atoms with van der Waals surface area (Å²) in [4.78, 5) is 22.2. The maximum absolute atomic E-state index is 11.7. The van der Waals surface area contributed by atoms with Crippen LogP contribution in [0.4, 0.5) is 0 Å². The van der Waals surface area contributed by atoms with Gasteiger partial charge < -0.3 is 9.84 Å². The third kappa shape index (κ3) is 17.3. The molecule has 1 unspecified atom stereocenters. The van der Waals surface area contributed by atoms with Crippen LogP contribution in [-0.2, 0) is 14.3 Å². The molecule has 0 fully saturated rings. The lowest BCUT2D eigenvalue weighted by Gasteiger charge is -2.19. The van der Waals surface area contributed by atoms with Crippen molar-refractivity contribution in [1.82, 2.24) is 0 Å². The average molecular weight is 355 g/mol. The number of hydrogen-bond donors (Lipinski definition) is 1. The van der Waals surface area contributed by atoms with E-state index in [0.717, 1.165) is 50.7 Å². The number of carbonyl (C=O) groups is 2. The molecular weight excluding hydrogens is 316 g/mol. The predicted molar refractivity (Wildman–Crippen MR) is 103 cm³/mol. The Balaban J connectivity index is 4.22. The lowest BCUT2D eigenvalue weighted by molar-refractivity contribution is -0.144. The summed E-state index contributed by atoms with van der Waals surface area (Å²) in [6.45, 7) is 8.95. The van der Waals surface area contributed by atoms with Crippen molar-refractivity contribution in [2.45, 2.75) is 104 Å². The van der Waals surface area contributed by atoms with Crippen LogP contribution in [0.1, 0.15) is 98.3 Å². The van der Waals surface area contributed by atoms with Crippen LogP contribution in [0.25, 0.3) is 0 Å². The number of unbranched alkanes of at least 4 members (excludes halogenated alkanes) is 6. The SMILES string of the molecule is CCCCCCCC(CCCCCC(C)(C)C)OC(=O)C=CC(=O)O. The minimum absolute atomic E-state index is 0.0952. The van der Waals surface area contributed by atoms with Crippen molar-refractivity contribution in [2.24, 2.45) is 5.41 Å². The fourth-order valence-corrected chi connectivity index (χ4v) is 2.78. The van der Waals surface area contributed by atoms with Crippen molar-refractivity contribution in [3.63, 3.8) is 0 Å². The van der Waals surface area contributed by atoms with E-state index < -0.39 is 11.9 Å². The molecule has 0 amide bonds. The Labute approximate surface area is 154 Å². The van der Waals surface area contributed by atoms with E-state index in [1.54, 1.807) is 0 Å². The van der Waals surface area contributed by atoms with Crippen molar-refractivity contribution in [3.8, 4) is 0 Å². The highest BCUT2D eigenvalue weighted by Crippen LogP contribution is 2.23. The summed E-state index contributed by atoms with van der Waals surface area (Å²) in [5, 5.41) is 8.59. The molecule has 1 N–H and O–H groups in total. The molecule has 0 aliphatic carbocycles. The third-order valence-electron chi connectivity index (χ3n) is 4.23. The first kappa shape index (κ1) is 23.7. The van der Waals surface area contributed by atoms with Crippen LogP contribution in [0, 0.1) is 5.41 Å². The van der Waals surface area contributed by atoms with Crippen molar-refractivity contribution in [2.75, 3.05) is 0 Å². The van der Waals surface area contributed by atoms with Gasteiger partial charge in [0, 0.05) is 12.2 Å². The first-order valence-electron chi connectivity index (χ1n) is 9.86. The van der Waals surface area contributed by atoms with Gasteiger partial charge in [0.25, 0.3) is 0 Å². The Morgan fingerprint density at radius 3 is 2.00 bits per heavy atom. The van der Waals surface area contributed by atoms with Gasteiger partial charge in [0.15, 0.2) is 0 Å². The van der Waals surface area contributed by atoms with Crippen LogP contribution >= 0.6 is 0 Å². The summed E-state index contributed by atoms with van der Waals surface area (Å²) in [7, 11) is 0. The van der Waals surface area contributed by atoms with Gasteiger partial charge in [0.2, 0.25) is 0 Å². The van der Waals surface area contributed by atoms with Gasteiger partial charge in [0.1, 0.15) is 6.10 Å². The molecule has 0 bridgehead atoms. The minimum Gasteiger partial charge on any atom is -0.478 e. The lowest BCUT2D eigenvalue weighted by Crippen LogP contribution is -2.17. The van der Waals surface area contributed by atoms with Crippen molar-refractivity contribution >= 4 is 11.9 Å². The molecule has 146 valence electrons. The number of esters is 1. The maximum Gasteiger partial charge on any atom is 0.331 e. The van der Waals surface area contributed by atoms with Gasteiger partial charge in [-0.1, -0.05) is 66.2 Å². The maximum atomic E-state index is 11.7. The van der Waals surface area contributed by atoms with Crippen molar-refractivity contribution < 1.29 is 19.4 Å². The third-order valence-corrected chi connectivity index (χ3v) is 4.23. The molecule has 0 rings (SSSR count). The van der Waals surface area contributed by atoms with E-state index in [9.17, 15) is 9.59 Å². The number of ether oxygens (including phenoxy) is 1. The molecule has 0 aromatic heterocycles. The van der Waals surface area contributed by atoms with Crippen LogP contribution in [-0.4, -0.2) is 23.1 Å². The van der Waals surface area contributed by atoms with Crippen molar-refractivity contribution in [3.05, 3.63) is 12.2 Å². The van der Waals surface area contributed by atoms with Gasteiger partial charge in [-0.25, -0.2) is 9.59 Å². The number of hydrogen-bond acceptors (Lipinski definition) is 3. The Hall–Kier alpha value is -1.32. The van der Waals surface area contributed by atoms with Crippen molar-refractivity contribution in [1.29, 1.82) is 0 Å². The highest BCUT2D eigenvalue weighted by Gasteiger charge is 2.14. The van der Waals surface area contributed by atoms with E-state index in [2.05, 4.69) is 27.7 Å². The van der Waals surface area contributed by atoms with Gasteiger partial charge in [-0.15, -0.1) is 0 Å². The topological polar surface area (TPSA) is 63.6 Å². The smallest absolute Gasteiger partial charge is 0.331 e. The molecule has 0 heterocycles. The lowest BCUT2D eigenvalue weighted by atomic mass is 9.89. The molecule has 0 saturated heterocycles. The summed E-state index contributed by atoms with van der Waals surface area (Å²) >= 11 is 0. The Morgan fingerprint density at radius 1 is 0.920 bits per heavy atom. The first-order valence-corrected chi connectivity index (χ1v) is 9.86. The molecule has 4 nitrogen and oxygen atoms in total. The number of rotatable bonds is 14. The standard InChI is InChI=1S/C21H38O4/c1-5-6-7-8-10-13-18(25-20(24)16-15-19(22)23)14-11-9-12-17-21(2,3)4/h15-16,18H,5-14,17H2,1-4H3,(H,22,23). The van der Waals surface area contributed by atoms with E-state index in [1.807, 2.05) is 0 Å². The second-order valence-electron chi connectivity index (χ2n) is 8.09. The van der Waals surface area contributed by atoms with Crippen LogP contribution in [0.2, 0.25) is 0 Å². The normalized spacial score (nSPS) is 13.1. The fraction of sp³-hybridized carbons (Fsp3) is 0.810. The predicted octanol–water partition coefficient (Wildman–Crippen LogP) is 5.90. The van der Waals surface area contributed by atoms with Crippen LogP contribution in [0.15, 0.2) is 12.2 Å². The molecule has 0 radical (unpaired) electrons. The Morgan fingerprint density at radius 2 is 1.48 bits per heavy atom. The Bertz CT molecular complexity index is 393. The monoisotopic (exact) mass is 354 g/mol. The average Bonchev–Trinajstić information content (AvgIpc) is 2.51. The van der Waals surface area contributed by atoms with Gasteiger partial charge >= 0.3 is 11.9 Å². The largest absolute Gasteiger partial charge is 0.478 e. The summed E-state index contributed by atoms with van der Waals surface area (Å²) in [5.74, 6) is -1.68. The fourth-order valence-electron chi connectivity index (χ4n) is 2.78. The number of carboxylic acid groups (broad SMARTS) is 1.